The van der Waals surface area contributed by atoms with E-state index in [0.717, 1.165) is 51.0 Å². The van der Waals surface area contributed by atoms with E-state index in [1.54, 1.807) is 0 Å². The predicted octanol–water partition coefficient (Wildman–Crippen LogP) is 3.72. The molecule has 3 rings (SSSR count). The van der Waals surface area contributed by atoms with Crippen LogP contribution in [-0.2, 0) is 0 Å². The van der Waals surface area contributed by atoms with Crippen molar-refractivity contribution < 1.29 is 10.2 Å². The van der Waals surface area contributed by atoms with Crippen molar-refractivity contribution >= 4 is 0 Å². The van der Waals surface area contributed by atoms with E-state index in [-0.39, 0.29) is 17.6 Å². The zero-order chi connectivity index (χ0) is 17.5. The maximum absolute atomic E-state index is 11.1. The van der Waals surface area contributed by atoms with Crippen LogP contribution < -0.4 is 5.73 Å². The molecule has 4 unspecified atom stereocenters. The van der Waals surface area contributed by atoms with Gasteiger partial charge in [-0.3, -0.25) is 0 Å². The lowest BCUT2D eigenvalue weighted by Gasteiger charge is -2.60. The Balaban J connectivity index is 1.73. The molecule has 0 aromatic carbocycles. The number of aliphatic hydroxyl groups excluding tert-OH is 2. The molecule has 4 N–H and O–H groups in total. The number of hydrogen-bond donors (Lipinski definition) is 3. The number of hydrogen-bond acceptors (Lipinski definition) is 3. The molecular formula is C21H39NO2. The highest BCUT2D eigenvalue weighted by molar-refractivity contribution is 5.05. The van der Waals surface area contributed by atoms with Crippen LogP contribution >= 0.6 is 0 Å². The second kappa shape index (κ2) is 6.89. The van der Waals surface area contributed by atoms with Crippen LogP contribution in [0.5, 0.6) is 0 Å². The molecule has 0 amide bonds. The summed E-state index contributed by atoms with van der Waals surface area (Å²) in [5.74, 6) is 2.68. The van der Waals surface area contributed by atoms with Crippen molar-refractivity contribution in [3.8, 4) is 0 Å². The summed E-state index contributed by atoms with van der Waals surface area (Å²) in [5, 5.41) is 21.1. The minimum Gasteiger partial charge on any atom is -0.393 e. The Morgan fingerprint density at radius 3 is 2.58 bits per heavy atom. The van der Waals surface area contributed by atoms with Crippen LogP contribution in [0, 0.1) is 34.5 Å². The fourth-order valence-corrected chi connectivity index (χ4v) is 6.86. The van der Waals surface area contributed by atoms with Crippen LogP contribution in [0.3, 0.4) is 0 Å². The van der Waals surface area contributed by atoms with Gasteiger partial charge in [0.05, 0.1) is 12.2 Å². The monoisotopic (exact) mass is 337 g/mol. The van der Waals surface area contributed by atoms with Crippen LogP contribution in [0.4, 0.5) is 0 Å². The Hall–Kier alpha value is -0.120. The minimum atomic E-state index is -0.179. The average Bonchev–Trinajstić information content (AvgIpc) is 2.50. The smallest absolute Gasteiger partial charge is 0.0596 e. The van der Waals surface area contributed by atoms with Gasteiger partial charge in [0, 0.05) is 0 Å². The van der Waals surface area contributed by atoms with Gasteiger partial charge in [-0.1, -0.05) is 20.8 Å². The van der Waals surface area contributed by atoms with Crippen molar-refractivity contribution in [3.05, 3.63) is 0 Å². The lowest BCUT2D eigenvalue weighted by atomic mass is 9.46. The number of aliphatic hydroxyl groups is 2. The Labute approximate surface area is 148 Å². The summed E-state index contributed by atoms with van der Waals surface area (Å²) in [6.07, 6.45) is 9.71. The van der Waals surface area contributed by atoms with Gasteiger partial charge >= 0.3 is 0 Å². The van der Waals surface area contributed by atoms with E-state index in [9.17, 15) is 10.2 Å². The Kier molecular flexibility index (Phi) is 5.36. The first-order chi connectivity index (χ1) is 11.3. The van der Waals surface area contributed by atoms with E-state index in [2.05, 4.69) is 20.8 Å². The van der Waals surface area contributed by atoms with Crippen molar-refractivity contribution in [2.45, 2.75) is 90.8 Å². The zero-order valence-corrected chi connectivity index (χ0v) is 16.0. The summed E-state index contributed by atoms with van der Waals surface area (Å²) in [5.41, 5.74) is 6.14. The second-order valence-corrected chi connectivity index (χ2v) is 10.1. The van der Waals surface area contributed by atoms with Gasteiger partial charge in [-0.2, -0.15) is 0 Å². The molecule has 0 aromatic heterocycles. The summed E-state index contributed by atoms with van der Waals surface area (Å²) in [6.45, 7) is 7.83. The highest BCUT2D eigenvalue weighted by Gasteiger charge is 2.55. The number of nitrogens with two attached hydrogens (primary N) is 1. The van der Waals surface area contributed by atoms with E-state index in [4.69, 9.17) is 5.73 Å². The molecule has 0 aromatic rings. The van der Waals surface area contributed by atoms with E-state index in [1.165, 1.54) is 19.3 Å². The molecule has 0 saturated heterocycles. The molecule has 0 spiro atoms. The number of fused-ring (bicyclic) bond motifs is 3. The molecule has 0 bridgehead atoms. The average molecular weight is 338 g/mol. The molecule has 3 heteroatoms. The summed E-state index contributed by atoms with van der Waals surface area (Å²) in [6, 6.07) is 0. The van der Waals surface area contributed by atoms with Gasteiger partial charge < -0.3 is 15.9 Å². The normalized spacial score (nSPS) is 50.0. The third-order valence-corrected chi connectivity index (χ3v) is 8.29. The van der Waals surface area contributed by atoms with E-state index < -0.39 is 0 Å². The Morgan fingerprint density at radius 1 is 1.12 bits per heavy atom. The SMILES string of the molecule is CC(CCN)C[C@]1(C)CC2CCC3C[C@H](O)CC[C@]3(C)C2C[C@@H]1O. The quantitative estimate of drug-likeness (QED) is 0.732. The minimum absolute atomic E-state index is 0.0626. The van der Waals surface area contributed by atoms with Crippen molar-refractivity contribution in [2.75, 3.05) is 6.54 Å². The van der Waals surface area contributed by atoms with Crippen molar-refractivity contribution in [1.82, 2.24) is 0 Å². The lowest BCUT2D eigenvalue weighted by molar-refractivity contribution is -0.143. The Morgan fingerprint density at radius 2 is 1.88 bits per heavy atom. The van der Waals surface area contributed by atoms with Gasteiger partial charge in [0.25, 0.3) is 0 Å². The molecule has 3 fully saturated rings. The third-order valence-electron chi connectivity index (χ3n) is 8.29. The summed E-state index contributed by atoms with van der Waals surface area (Å²) in [4.78, 5) is 0. The van der Waals surface area contributed by atoms with Gasteiger partial charge in [0.15, 0.2) is 0 Å². The molecule has 0 heterocycles. The second-order valence-electron chi connectivity index (χ2n) is 10.1. The van der Waals surface area contributed by atoms with E-state index in [0.29, 0.717) is 23.2 Å². The number of rotatable bonds is 4. The molecule has 3 aliphatic carbocycles. The largest absolute Gasteiger partial charge is 0.393 e. The van der Waals surface area contributed by atoms with Gasteiger partial charge in [0.2, 0.25) is 0 Å². The summed E-state index contributed by atoms with van der Waals surface area (Å²) >= 11 is 0. The highest BCUT2D eigenvalue weighted by Crippen LogP contribution is 2.62. The van der Waals surface area contributed by atoms with Crippen molar-refractivity contribution in [1.29, 1.82) is 0 Å². The molecule has 0 aliphatic heterocycles. The molecule has 3 nitrogen and oxygen atoms in total. The molecular weight excluding hydrogens is 298 g/mol. The first-order valence-corrected chi connectivity index (χ1v) is 10.3. The molecule has 0 radical (unpaired) electrons. The Bertz CT molecular complexity index is 442. The van der Waals surface area contributed by atoms with Crippen LogP contribution in [0.1, 0.15) is 78.6 Å². The summed E-state index contributed by atoms with van der Waals surface area (Å²) in [7, 11) is 0. The molecule has 8 atom stereocenters. The lowest BCUT2D eigenvalue weighted by Crippen LogP contribution is -2.54. The standard InChI is InChI=1S/C21H39NO2/c1-14(7-9-22)12-20(2)13-15-4-5-16-10-17(23)6-8-21(16,3)18(15)11-19(20)24/h14-19,23-24H,4-13,22H2,1-3H3/t14?,15?,16?,17-,18?,19+,20-,21+/m1/s1. The first kappa shape index (κ1) is 18.7. The van der Waals surface area contributed by atoms with Gasteiger partial charge in [0.1, 0.15) is 0 Å². The van der Waals surface area contributed by atoms with Gasteiger partial charge in [-0.25, -0.2) is 0 Å². The van der Waals surface area contributed by atoms with Crippen molar-refractivity contribution in [3.63, 3.8) is 0 Å². The summed E-state index contributed by atoms with van der Waals surface area (Å²) < 4.78 is 0. The van der Waals surface area contributed by atoms with Crippen molar-refractivity contribution in [2.24, 2.45) is 40.2 Å². The third kappa shape index (κ3) is 3.29. The topological polar surface area (TPSA) is 66.5 Å². The fraction of sp³-hybridized carbons (Fsp3) is 1.00. The molecule has 3 aliphatic rings. The first-order valence-electron chi connectivity index (χ1n) is 10.3. The predicted molar refractivity (Wildman–Crippen MR) is 98.5 cm³/mol. The van der Waals surface area contributed by atoms with Crippen LogP contribution in [0.2, 0.25) is 0 Å². The maximum Gasteiger partial charge on any atom is 0.0596 e. The maximum atomic E-state index is 11.1. The molecule has 24 heavy (non-hydrogen) atoms. The van der Waals surface area contributed by atoms with Crippen LogP contribution in [0.25, 0.3) is 0 Å². The molecule has 3 saturated carbocycles. The van der Waals surface area contributed by atoms with E-state index in [1.807, 2.05) is 0 Å². The van der Waals surface area contributed by atoms with E-state index >= 15 is 0 Å². The van der Waals surface area contributed by atoms with Crippen LogP contribution in [0.15, 0.2) is 0 Å². The van der Waals surface area contributed by atoms with Gasteiger partial charge in [-0.05, 0) is 98.8 Å². The zero-order valence-electron chi connectivity index (χ0n) is 16.0. The molecule has 140 valence electrons. The highest BCUT2D eigenvalue weighted by atomic mass is 16.3. The van der Waals surface area contributed by atoms with Crippen LogP contribution in [-0.4, -0.2) is 29.0 Å². The van der Waals surface area contributed by atoms with Gasteiger partial charge in [-0.15, -0.1) is 0 Å². The fourth-order valence-electron chi connectivity index (χ4n) is 6.86.